The molecule has 0 unspecified atom stereocenters. The summed E-state index contributed by atoms with van der Waals surface area (Å²) in [5.74, 6) is 0. The van der Waals surface area contributed by atoms with E-state index in [2.05, 4.69) is 5.32 Å². The number of hydrogen-bond donors (Lipinski definition) is 3. The van der Waals surface area contributed by atoms with Crippen LogP contribution >= 0.6 is 0 Å². The van der Waals surface area contributed by atoms with E-state index in [1.165, 1.54) is 12.8 Å². The lowest BCUT2D eigenvalue weighted by atomic mass is 9.84. The second-order valence-electron chi connectivity index (χ2n) is 6.68. The number of rotatable bonds is 4. The van der Waals surface area contributed by atoms with E-state index in [1.54, 1.807) is 13.8 Å². The average molecular weight is 243 g/mol. The number of aliphatic hydroxyl groups is 2. The highest BCUT2D eigenvalue weighted by Gasteiger charge is 2.37. The maximum atomic E-state index is 10.5. The van der Waals surface area contributed by atoms with Gasteiger partial charge in [-0.15, -0.1) is 0 Å². The quantitative estimate of drug-likeness (QED) is 0.664. The molecule has 3 heteroatoms. The Morgan fingerprint density at radius 2 is 1.47 bits per heavy atom. The lowest BCUT2D eigenvalue weighted by Gasteiger charge is -2.41. The van der Waals surface area contributed by atoms with Gasteiger partial charge >= 0.3 is 0 Å². The first-order chi connectivity index (χ1) is 7.66. The molecule has 0 spiro atoms. The third-order valence-corrected chi connectivity index (χ3v) is 4.42. The molecule has 0 bridgehead atoms. The lowest BCUT2D eigenvalue weighted by molar-refractivity contribution is -0.0294. The molecule has 0 atom stereocenters. The first kappa shape index (κ1) is 14.9. The van der Waals surface area contributed by atoms with Crippen LogP contribution in [0.25, 0.3) is 0 Å². The van der Waals surface area contributed by atoms with Crippen LogP contribution in [-0.4, -0.2) is 33.5 Å². The molecule has 0 aromatic carbocycles. The van der Waals surface area contributed by atoms with Crippen molar-refractivity contribution >= 4 is 0 Å². The minimum atomic E-state index is -0.798. The fraction of sp³-hybridized carbons (Fsp3) is 1.00. The standard InChI is InChI=1S/C14H29NO2/c1-12(2,13(3,4)16)15-11-14(17)9-7-5-6-8-10-14/h15-17H,5-11H2,1-4H3. The Balaban J connectivity index is 2.53. The van der Waals surface area contributed by atoms with E-state index in [9.17, 15) is 10.2 Å². The first-order valence-electron chi connectivity index (χ1n) is 6.86. The summed E-state index contributed by atoms with van der Waals surface area (Å²) in [5.41, 5.74) is -1.78. The molecule has 0 heterocycles. The van der Waals surface area contributed by atoms with Gasteiger partial charge in [-0.1, -0.05) is 25.7 Å². The van der Waals surface area contributed by atoms with E-state index in [0.29, 0.717) is 6.54 Å². The Hall–Kier alpha value is -0.120. The van der Waals surface area contributed by atoms with Crippen molar-refractivity contribution in [2.75, 3.05) is 6.54 Å². The van der Waals surface area contributed by atoms with Gasteiger partial charge in [-0.2, -0.15) is 0 Å². The molecule has 17 heavy (non-hydrogen) atoms. The van der Waals surface area contributed by atoms with Gasteiger partial charge in [0.05, 0.1) is 11.2 Å². The lowest BCUT2D eigenvalue weighted by Crippen LogP contribution is -2.59. The van der Waals surface area contributed by atoms with E-state index in [-0.39, 0.29) is 0 Å². The molecule has 1 saturated carbocycles. The summed E-state index contributed by atoms with van der Waals surface area (Å²) in [7, 11) is 0. The van der Waals surface area contributed by atoms with Crippen molar-refractivity contribution in [1.82, 2.24) is 5.32 Å². The Bertz CT molecular complexity index is 235. The second-order valence-corrected chi connectivity index (χ2v) is 6.68. The van der Waals surface area contributed by atoms with Crippen molar-refractivity contribution in [3.05, 3.63) is 0 Å². The van der Waals surface area contributed by atoms with Crippen molar-refractivity contribution in [3.8, 4) is 0 Å². The molecule has 3 N–H and O–H groups in total. The van der Waals surface area contributed by atoms with Gasteiger partial charge in [0, 0.05) is 12.1 Å². The fourth-order valence-electron chi connectivity index (χ4n) is 2.17. The zero-order chi connectivity index (χ0) is 13.2. The summed E-state index contributed by atoms with van der Waals surface area (Å²) in [5, 5.41) is 23.9. The third-order valence-electron chi connectivity index (χ3n) is 4.42. The summed E-state index contributed by atoms with van der Waals surface area (Å²) >= 11 is 0. The number of nitrogens with one attached hydrogen (secondary N) is 1. The van der Waals surface area contributed by atoms with Crippen LogP contribution in [0.4, 0.5) is 0 Å². The minimum Gasteiger partial charge on any atom is -0.389 e. The smallest absolute Gasteiger partial charge is 0.0771 e. The predicted octanol–water partition coefficient (Wildman–Crippen LogP) is 2.21. The van der Waals surface area contributed by atoms with Gasteiger partial charge in [-0.25, -0.2) is 0 Å². The molecule has 0 aromatic heterocycles. The molecule has 0 radical (unpaired) electrons. The average Bonchev–Trinajstić information content (AvgIpc) is 2.40. The van der Waals surface area contributed by atoms with Crippen LogP contribution in [0.1, 0.15) is 66.2 Å². The van der Waals surface area contributed by atoms with E-state index in [4.69, 9.17) is 0 Å². The highest BCUT2D eigenvalue weighted by molar-refractivity contribution is 4.96. The van der Waals surface area contributed by atoms with Gasteiger partial charge in [0.1, 0.15) is 0 Å². The highest BCUT2D eigenvalue weighted by atomic mass is 16.3. The van der Waals surface area contributed by atoms with E-state index < -0.39 is 16.7 Å². The topological polar surface area (TPSA) is 52.5 Å². The van der Waals surface area contributed by atoms with Gasteiger partial charge in [-0.3, -0.25) is 0 Å². The molecule has 0 amide bonds. The van der Waals surface area contributed by atoms with Crippen molar-refractivity contribution in [2.45, 2.75) is 83.0 Å². The van der Waals surface area contributed by atoms with Crippen LogP contribution in [0.2, 0.25) is 0 Å². The Morgan fingerprint density at radius 1 is 1.00 bits per heavy atom. The first-order valence-corrected chi connectivity index (χ1v) is 6.86. The van der Waals surface area contributed by atoms with Gasteiger partial charge < -0.3 is 15.5 Å². The molecule has 1 fully saturated rings. The van der Waals surface area contributed by atoms with Gasteiger partial charge in [-0.05, 0) is 40.5 Å². The van der Waals surface area contributed by atoms with Crippen LogP contribution in [0.5, 0.6) is 0 Å². The zero-order valence-electron chi connectivity index (χ0n) is 11.8. The van der Waals surface area contributed by atoms with Crippen molar-refractivity contribution in [2.24, 2.45) is 0 Å². The van der Waals surface area contributed by atoms with Crippen LogP contribution in [0.3, 0.4) is 0 Å². The SMILES string of the molecule is CC(C)(O)C(C)(C)NCC1(O)CCCCCC1. The molecule has 0 saturated heterocycles. The summed E-state index contributed by atoms with van der Waals surface area (Å²) in [6.45, 7) is 8.14. The van der Waals surface area contributed by atoms with Crippen molar-refractivity contribution in [1.29, 1.82) is 0 Å². The zero-order valence-corrected chi connectivity index (χ0v) is 11.8. The van der Waals surface area contributed by atoms with Gasteiger partial charge in [0.2, 0.25) is 0 Å². The van der Waals surface area contributed by atoms with Crippen molar-refractivity contribution < 1.29 is 10.2 Å². The maximum absolute atomic E-state index is 10.5. The largest absolute Gasteiger partial charge is 0.389 e. The molecule has 0 aromatic rings. The summed E-state index contributed by atoms with van der Waals surface area (Å²) in [6, 6.07) is 0. The van der Waals surface area contributed by atoms with E-state index in [1.807, 2.05) is 13.8 Å². The maximum Gasteiger partial charge on any atom is 0.0771 e. The summed E-state index contributed by atoms with van der Waals surface area (Å²) < 4.78 is 0. The van der Waals surface area contributed by atoms with Gasteiger partial charge in [0.15, 0.2) is 0 Å². The molecule has 0 aliphatic heterocycles. The predicted molar refractivity (Wildman–Crippen MR) is 71.0 cm³/mol. The van der Waals surface area contributed by atoms with Crippen LogP contribution in [0, 0.1) is 0 Å². The minimum absolute atomic E-state index is 0.394. The normalized spacial score (nSPS) is 22.2. The molecule has 1 aliphatic rings. The van der Waals surface area contributed by atoms with E-state index in [0.717, 1.165) is 25.7 Å². The number of hydrogen-bond acceptors (Lipinski definition) is 3. The molecule has 102 valence electrons. The van der Waals surface area contributed by atoms with E-state index >= 15 is 0 Å². The molecule has 1 rings (SSSR count). The summed E-state index contributed by atoms with van der Waals surface area (Å²) in [4.78, 5) is 0. The second kappa shape index (κ2) is 5.25. The van der Waals surface area contributed by atoms with Crippen molar-refractivity contribution in [3.63, 3.8) is 0 Å². The van der Waals surface area contributed by atoms with Gasteiger partial charge in [0.25, 0.3) is 0 Å². The Morgan fingerprint density at radius 3 is 1.88 bits per heavy atom. The molecule has 3 nitrogen and oxygen atoms in total. The Kier molecular flexibility index (Phi) is 4.61. The highest BCUT2D eigenvalue weighted by Crippen LogP contribution is 2.28. The monoisotopic (exact) mass is 243 g/mol. The third kappa shape index (κ3) is 4.23. The Labute approximate surface area is 106 Å². The fourth-order valence-corrected chi connectivity index (χ4v) is 2.17. The molecular weight excluding hydrogens is 214 g/mol. The summed E-state index contributed by atoms with van der Waals surface area (Å²) in [6.07, 6.45) is 6.44. The number of β-amino-alcohol motifs (C(OH)–C–C–N with tert-alkyl or cyclic N) is 1. The van der Waals surface area contributed by atoms with Crippen LogP contribution < -0.4 is 5.32 Å². The van der Waals surface area contributed by atoms with Crippen LogP contribution in [-0.2, 0) is 0 Å². The molecule has 1 aliphatic carbocycles. The molecular formula is C14H29NO2. The van der Waals surface area contributed by atoms with Crippen LogP contribution in [0.15, 0.2) is 0 Å².